The Morgan fingerprint density at radius 3 is 1.45 bits per heavy atom. The average molecular weight is 769 g/mol. The molecule has 1 amide bonds. The Labute approximate surface area is 327 Å². The predicted molar refractivity (Wildman–Crippen MR) is 226 cm³/mol. The molecule has 9 heteroatoms. The first-order chi connectivity index (χ1) is 25.9. The van der Waals surface area contributed by atoms with Crippen LogP contribution >= 0.6 is 7.82 Å². The molecule has 0 aliphatic heterocycles. The third-order valence-electron chi connectivity index (χ3n) is 9.70. The molecule has 0 spiro atoms. The van der Waals surface area contributed by atoms with Gasteiger partial charge in [0.05, 0.1) is 25.4 Å². The highest BCUT2D eigenvalue weighted by Crippen LogP contribution is 2.43. The summed E-state index contributed by atoms with van der Waals surface area (Å²) in [6, 6.07) is -0.880. The number of allylic oxidation sites excluding steroid dienone is 5. The van der Waals surface area contributed by atoms with Crippen molar-refractivity contribution in [2.24, 2.45) is 5.73 Å². The summed E-state index contributed by atoms with van der Waals surface area (Å²) in [6.07, 6.45) is 47.7. The topological polar surface area (TPSA) is 131 Å². The highest BCUT2D eigenvalue weighted by molar-refractivity contribution is 7.47. The molecule has 0 aromatic rings. The molecule has 0 rings (SSSR count). The molecular formula is C44H85N2O6P. The summed E-state index contributed by atoms with van der Waals surface area (Å²) in [5.41, 5.74) is 5.37. The zero-order valence-electron chi connectivity index (χ0n) is 34.5. The van der Waals surface area contributed by atoms with Gasteiger partial charge in [0, 0.05) is 13.0 Å². The van der Waals surface area contributed by atoms with Crippen molar-refractivity contribution in [2.75, 3.05) is 19.8 Å². The number of unbranched alkanes of at least 4 members (excludes halogenated alkanes) is 25. The van der Waals surface area contributed by atoms with E-state index in [1.54, 1.807) is 6.08 Å². The Morgan fingerprint density at radius 1 is 0.604 bits per heavy atom. The number of nitrogens with one attached hydrogen (secondary N) is 1. The summed E-state index contributed by atoms with van der Waals surface area (Å²) in [5.74, 6) is -0.207. The van der Waals surface area contributed by atoms with Crippen LogP contribution in [0.2, 0.25) is 0 Å². The molecule has 0 aromatic heterocycles. The lowest BCUT2D eigenvalue weighted by atomic mass is 10.0. The molecule has 8 nitrogen and oxygen atoms in total. The van der Waals surface area contributed by atoms with Crippen LogP contribution in [0.4, 0.5) is 0 Å². The summed E-state index contributed by atoms with van der Waals surface area (Å²) in [4.78, 5) is 22.7. The number of aliphatic hydroxyl groups excluding tert-OH is 1. The van der Waals surface area contributed by atoms with Gasteiger partial charge >= 0.3 is 7.82 Å². The van der Waals surface area contributed by atoms with E-state index in [2.05, 4.69) is 43.5 Å². The number of nitrogens with two attached hydrogens (primary N) is 1. The first-order valence-electron chi connectivity index (χ1n) is 22.1. The Morgan fingerprint density at radius 2 is 1.00 bits per heavy atom. The highest BCUT2D eigenvalue weighted by atomic mass is 31.2. The Kier molecular flexibility index (Phi) is 39.4. The molecule has 0 bridgehead atoms. The van der Waals surface area contributed by atoms with E-state index < -0.39 is 20.0 Å². The number of rotatable bonds is 41. The Bertz CT molecular complexity index is 928. The van der Waals surface area contributed by atoms with Crippen molar-refractivity contribution in [3.63, 3.8) is 0 Å². The highest BCUT2D eigenvalue weighted by Gasteiger charge is 2.26. The molecule has 0 saturated carbocycles. The van der Waals surface area contributed by atoms with Crippen LogP contribution in [0, 0.1) is 0 Å². The van der Waals surface area contributed by atoms with Crippen molar-refractivity contribution in [2.45, 2.75) is 219 Å². The number of phosphoric ester groups is 1. The minimum Gasteiger partial charge on any atom is -0.387 e. The average Bonchev–Trinajstić information content (AvgIpc) is 3.14. The summed E-state index contributed by atoms with van der Waals surface area (Å²) in [6.45, 7) is 4.11. The first kappa shape index (κ1) is 51.7. The summed E-state index contributed by atoms with van der Waals surface area (Å²) < 4.78 is 22.1. The van der Waals surface area contributed by atoms with Gasteiger partial charge in [0.25, 0.3) is 0 Å². The van der Waals surface area contributed by atoms with Gasteiger partial charge in [0.1, 0.15) is 0 Å². The number of carbonyl (C=O) groups excluding carboxylic acids is 1. The van der Waals surface area contributed by atoms with Gasteiger partial charge in [-0.3, -0.25) is 13.8 Å². The van der Waals surface area contributed by atoms with Gasteiger partial charge in [-0.15, -0.1) is 0 Å². The van der Waals surface area contributed by atoms with Crippen LogP contribution in [0.25, 0.3) is 0 Å². The standard InChI is InChI=1S/C44H85N2O6P/c1-3-5-7-9-11-13-15-17-19-20-21-22-23-24-25-27-29-31-33-35-37-43(47)42(41-52-53(49,50)51-40-39-45)46-44(48)38-36-34-32-30-28-26-18-16-14-12-10-8-6-4-2/h22-23,27,29,35,37,42-43,47H,3-21,24-26,28,30-34,36,38-41,45H2,1-2H3,(H,46,48)(H,49,50)/b23-22+,29-27+,37-35+. The van der Waals surface area contributed by atoms with Crippen LogP contribution in [-0.4, -0.2) is 47.8 Å². The van der Waals surface area contributed by atoms with Crippen LogP contribution in [-0.2, 0) is 18.4 Å². The number of carbonyl (C=O) groups is 1. The summed E-state index contributed by atoms with van der Waals surface area (Å²) >= 11 is 0. The fraction of sp³-hybridized carbons (Fsp3) is 0.841. The number of hydrogen-bond acceptors (Lipinski definition) is 6. The second kappa shape index (κ2) is 40.4. The largest absolute Gasteiger partial charge is 0.472 e. The van der Waals surface area contributed by atoms with Gasteiger partial charge in [-0.2, -0.15) is 0 Å². The van der Waals surface area contributed by atoms with Gasteiger partial charge in [-0.25, -0.2) is 4.57 Å². The van der Waals surface area contributed by atoms with Crippen molar-refractivity contribution in [3.8, 4) is 0 Å². The number of amides is 1. The van der Waals surface area contributed by atoms with Gasteiger partial charge in [0.2, 0.25) is 5.91 Å². The molecular weight excluding hydrogens is 683 g/mol. The van der Waals surface area contributed by atoms with E-state index in [1.165, 1.54) is 141 Å². The van der Waals surface area contributed by atoms with Crippen LogP contribution in [0.15, 0.2) is 36.5 Å². The van der Waals surface area contributed by atoms with Crippen molar-refractivity contribution in [1.29, 1.82) is 0 Å². The molecule has 53 heavy (non-hydrogen) atoms. The molecule has 0 saturated heterocycles. The van der Waals surface area contributed by atoms with Gasteiger partial charge in [-0.05, 0) is 44.9 Å². The molecule has 5 N–H and O–H groups in total. The van der Waals surface area contributed by atoms with Crippen LogP contribution in [0.3, 0.4) is 0 Å². The Balaban J connectivity index is 4.27. The van der Waals surface area contributed by atoms with Crippen molar-refractivity contribution < 1.29 is 28.4 Å². The lowest BCUT2D eigenvalue weighted by Gasteiger charge is -2.23. The predicted octanol–water partition coefficient (Wildman–Crippen LogP) is 12.3. The third-order valence-corrected chi connectivity index (χ3v) is 10.7. The van der Waals surface area contributed by atoms with Crippen LogP contribution < -0.4 is 11.1 Å². The van der Waals surface area contributed by atoms with E-state index in [0.29, 0.717) is 6.42 Å². The maximum atomic E-state index is 12.7. The fourth-order valence-corrected chi connectivity index (χ4v) is 7.10. The first-order valence-corrected chi connectivity index (χ1v) is 23.6. The van der Waals surface area contributed by atoms with Crippen LogP contribution in [0.1, 0.15) is 206 Å². The molecule has 3 atom stereocenters. The van der Waals surface area contributed by atoms with E-state index in [0.717, 1.165) is 44.9 Å². The number of hydrogen-bond donors (Lipinski definition) is 4. The maximum Gasteiger partial charge on any atom is 0.472 e. The fourth-order valence-electron chi connectivity index (χ4n) is 6.34. The van der Waals surface area contributed by atoms with Crippen LogP contribution in [0.5, 0.6) is 0 Å². The number of phosphoric acid groups is 1. The smallest absolute Gasteiger partial charge is 0.387 e. The van der Waals surface area contributed by atoms with Gasteiger partial charge in [-0.1, -0.05) is 192 Å². The quantitative estimate of drug-likeness (QED) is 0.0277. The molecule has 3 unspecified atom stereocenters. The molecule has 0 aliphatic rings. The van der Waals surface area contributed by atoms with E-state index in [4.69, 9.17) is 14.8 Å². The van der Waals surface area contributed by atoms with Crippen molar-refractivity contribution >= 4 is 13.7 Å². The SMILES string of the molecule is CCCCCCCCCCCC/C=C/CC/C=C/CC/C=C/C(O)C(COP(=O)(O)OCCN)NC(=O)CCCCCCCCCCCCCCCC. The third kappa shape index (κ3) is 38.8. The van der Waals surface area contributed by atoms with E-state index in [-0.39, 0.29) is 25.7 Å². The second-order valence-electron chi connectivity index (χ2n) is 14.9. The van der Waals surface area contributed by atoms with Gasteiger partial charge in [0.15, 0.2) is 0 Å². The Hall–Kier alpha value is -1.28. The zero-order valence-corrected chi connectivity index (χ0v) is 35.4. The normalized spacial score (nSPS) is 14.4. The summed E-state index contributed by atoms with van der Waals surface area (Å²) in [7, 11) is -4.35. The summed E-state index contributed by atoms with van der Waals surface area (Å²) in [5, 5.41) is 13.6. The molecule has 312 valence electrons. The molecule has 0 radical (unpaired) electrons. The van der Waals surface area contributed by atoms with E-state index in [1.807, 2.05) is 6.08 Å². The van der Waals surface area contributed by atoms with E-state index >= 15 is 0 Å². The lowest BCUT2D eigenvalue weighted by molar-refractivity contribution is -0.123. The van der Waals surface area contributed by atoms with Crippen molar-refractivity contribution in [1.82, 2.24) is 5.32 Å². The molecule has 0 fully saturated rings. The maximum absolute atomic E-state index is 12.7. The van der Waals surface area contributed by atoms with E-state index in [9.17, 15) is 19.4 Å². The monoisotopic (exact) mass is 769 g/mol. The minimum absolute atomic E-state index is 0.0726. The molecule has 0 aliphatic carbocycles. The lowest BCUT2D eigenvalue weighted by Crippen LogP contribution is -2.45. The molecule has 0 aromatic carbocycles. The minimum atomic E-state index is -4.35. The number of aliphatic hydroxyl groups is 1. The van der Waals surface area contributed by atoms with Gasteiger partial charge < -0.3 is 21.1 Å². The zero-order chi connectivity index (χ0) is 38.9. The second-order valence-corrected chi connectivity index (χ2v) is 16.3. The molecule has 0 heterocycles. The van der Waals surface area contributed by atoms with Crippen molar-refractivity contribution in [3.05, 3.63) is 36.5 Å².